The fourth-order valence-electron chi connectivity index (χ4n) is 2.85. The van der Waals surface area contributed by atoms with Gasteiger partial charge in [-0.05, 0) is 30.3 Å². The normalized spacial score (nSPS) is 16.4. The third-order valence-corrected chi connectivity index (χ3v) is 3.95. The highest BCUT2D eigenvalue weighted by Gasteiger charge is 2.36. The predicted octanol–water partition coefficient (Wildman–Crippen LogP) is 3.03. The molecule has 0 saturated carbocycles. The zero-order valence-electron chi connectivity index (χ0n) is 12.3. The van der Waals surface area contributed by atoms with E-state index in [1.54, 1.807) is 24.5 Å². The van der Waals surface area contributed by atoms with Gasteiger partial charge in [0.05, 0.1) is 29.7 Å². The number of nitriles is 1. The number of nitrogens with zero attached hydrogens (tertiary/aromatic N) is 2. The van der Waals surface area contributed by atoms with Crippen molar-refractivity contribution in [3.05, 3.63) is 71.3 Å². The van der Waals surface area contributed by atoms with Gasteiger partial charge in [-0.1, -0.05) is 0 Å². The van der Waals surface area contributed by atoms with Crippen molar-refractivity contribution >= 4 is 0 Å². The van der Waals surface area contributed by atoms with E-state index in [0.717, 1.165) is 11.1 Å². The molecule has 0 saturated heterocycles. The summed E-state index contributed by atoms with van der Waals surface area (Å²) >= 11 is 0. The van der Waals surface area contributed by atoms with Crippen LogP contribution in [0, 0.1) is 17.1 Å². The maximum atomic E-state index is 13.2. The van der Waals surface area contributed by atoms with Gasteiger partial charge in [-0.3, -0.25) is 5.10 Å². The highest BCUT2D eigenvalue weighted by atomic mass is 19.1. The SMILES string of the molecule is N#CC1=C(N)Oc2n[nH]c(-c3ccc(F)cc3)c2C1c1ccoc1. The molecule has 2 aromatic heterocycles. The summed E-state index contributed by atoms with van der Waals surface area (Å²) in [6.45, 7) is 0. The van der Waals surface area contributed by atoms with Gasteiger partial charge < -0.3 is 14.9 Å². The molecule has 0 fully saturated rings. The van der Waals surface area contributed by atoms with Crippen LogP contribution in [-0.2, 0) is 0 Å². The molecule has 3 heterocycles. The summed E-state index contributed by atoms with van der Waals surface area (Å²) in [5.41, 5.74) is 8.91. The van der Waals surface area contributed by atoms with Gasteiger partial charge in [0.1, 0.15) is 17.5 Å². The second kappa shape index (κ2) is 5.28. The minimum absolute atomic E-state index is 0.00774. The molecule has 6 nitrogen and oxygen atoms in total. The van der Waals surface area contributed by atoms with Crippen LogP contribution in [0.15, 0.2) is 58.7 Å². The molecule has 3 N–H and O–H groups in total. The van der Waals surface area contributed by atoms with Crippen LogP contribution >= 0.6 is 0 Å². The average Bonchev–Trinajstić information content (AvgIpc) is 3.24. The van der Waals surface area contributed by atoms with E-state index in [2.05, 4.69) is 16.3 Å². The van der Waals surface area contributed by atoms with Gasteiger partial charge in [-0.2, -0.15) is 5.26 Å². The lowest BCUT2D eigenvalue weighted by Crippen LogP contribution is -2.20. The first-order chi connectivity index (χ1) is 11.7. The largest absolute Gasteiger partial charge is 0.472 e. The Hall–Kier alpha value is -3.53. The number of furan rings is 1. The van der Waals surface area contributed by atoms with Crippen LogP contribution in [0.4, 0.5) is 4.39 Å². The van der Waals surface area contributed by atoms with E-state index in [-0.39, 0.29) is 23.2 Å². The molecule has 4 rings (SSSR count). The van der Waals surface area contributed by atoms with E-state index in [1.165, 1.54) is 18.4 Å². The van der Waals surface area contributed by atoms with E-state index < -0.39 is 5.92 Å². The molecule has 0 aliphatic carbocycles. The van der Waals surface area contributed by atoms with Crippen molar-refractivity contribution in [2.24, 2.45) is 5.73 Å². The first kappa shape index (κ1) is 14.1. The van der Waals surface area contributed by atoms with E-state index in [4.69, 9.17) is 14.9 Å². The molecule has 24 heavy (non-hydrogen) atoms. The maximum Gasteiger partial charge on any atom is 0.244 e. The lowest BCUT2D eigenvalue weighted by atomic mass is 9.84. The Bertz CT molecular complexity index is 965. The van der Waals surface area contributed by atoms with Crippen LogP contribution < -0.4 is 10.5 Å². The fraction of sp³-hybridized carbons (Fsp3) is 0.0588. The number of aromatic amines is 1. The second-order valence-electron chi connectivity index (χ2n) is 5.31. The smallest absolute Gasteiger partial charge is 0.244 e. The van der Waals surface area contributed by atoms with E-state index in [9.17, 15) is 9.65 Å². The Morgan fingerprint density at radius 2 is 2.04 bits per heavy atom. The minimum atomic E-state index is -0.476. The molecule has 0 spiro atoms. The zero-order chi connectivity index (χ0) is 16.7. The molecular formula is C17H11FN4O2. The summed E-state index contributed by atoms with van der Waals surface area (Å²) in [5, 5.41) is 16.5. The number of halogens is 1. The van der Waals surface area contributed by atoms with Crippen molar-refractivity contribution in [2.45, 2.75) is 5.92 Å². The van der Waals surface area contributed by atoms with Gasteiger partial charge in [0.2, 0.25) is 11.8 Å². The number of hydrogen-bond acceptors (Lipinski definition) is 5. The van der Waals surface area contributed by atoms with Crippen LogP contribution in [-0.4, -0.2) is 10.2 Å². The molecule has 0 amide bonds. The van der Waals surface area contributed by atoms with Gasteiger partial charge in [-0.15, -0.1) is 5.10 Å². The van der Waals surface area contributed by atoms with Crippen molar-refractivity contribution in [3.63, 3.8) is 0 Å². The lowest BCUT2D eigenvalue weighted by molar-refractivity contribution is 0.378. The molecule has 0 bridgehead atoms. The maximum absolute atomic E-state index is 13.2. The second-order valence-corrected chi connectivity index (χ2v) is 5.31. The van der Waals surface area contributed by atoms with Crippen molar-refractivity contribution in [3.8, 4) is 23.2 Å². The molecule has 118 valence electrons. The predicted molar refractivity (Wildman–Crippen MR) is 82.0 cm³/mol. The first-order valence-electron chi connectivity index (χ1n) is 7.13. The van der Waals surface area contributed by atoms with Crippen molar-refractivity contribution < 1.29 is 13.5 Å². The number of hydrogen-bond donors (Lipinski definition) is 2. The Balaban J connectivity index is 1.94. The number of nitrogens with one attached hydrogen (secondary N) is 1. The number of fused-ring (bicyclic) bond motifs is 1. The van der Waals surface area contributed by atoms with Crippen LogP contribution in [0.2, 0.25) is 0 Å². The number of allylic oxidation sites excluding steroid dienone is 1. The number of H-pyrrole nitrogens is 1. The molecule has 1 aromatic carbocycles. The highest BCUT2D eigenvalue weighted by molar-refractivity contribution is 5.70. The third-order valence-electron chi connectivity index (χ3n) is 3.95. The van der Waals surface area contributed by atoms with Gasteiger partial charge >= 0.3 is 0 Å². The quantitative estimate of drug-likeness (QED) is 0.755. The molecule has 1 aliphatic rings. The summed E-state index contributed by atoms with van der Waals surface area (Å²) in [6.07, 6.45) is 3.07. The summed E-state index contributed by atoms with van der Waals surface area (Å²) < 4.78 is 23.8. The van der Waals surface area contributed by atoms with Crippen molar-refractivity contribution in [1.29, 1.82) is 5.26 Å². The van der Waals surface area contributed by atoms with Crippen LogP contribution in [0.3, 0.4) is 0 Å². The van der Waals surface area contributed by atoms with Crippen molar-refractivity contribution in [2.75, 3.05) is 0 Å². The lowest BCUT2D eigenvalue weighted by Gasteiger charge is -2.22. The Morgan fingerprint density at radius 1 is 1.25 bits per heavy atom. The number of benzene rings is 1. The average molecular weight is 322 g/mol. The number of ether oxygens (including phenoxy) is 1. The van der Waals surface area contributed by atoms with Crippen LogP contribution in [0.5, 0.6) is 5.88 Å². The van der Waals surface area contributed by atoms with Crippen LogP contribution in [0.25, 0.3) is 11.3 Å². The summed E-state index contributed by atoms with van der Waals surface area (Å²) in [6, 6.07) is 9.82. The van der Waals surface area contributed by atoms with E-state index in [0.29, 0.717) is 11.3 Å². The number of nitrogens with two attached hydrogens (primary N) is 1. The molecule has 1 aliphatic heterocycles. The van der Waals surface area contributed by atoms with Gasteiger partial charge in [-0.25, -0.2) is 4.39 Å². The Morgan fingerprint density at radius 3 is 2.71 bits per heavy atom. The summed E-state index contributed by atoms with van der Waals surface area (Å²) in [5.74, 6) is -0.515. The molecule has 0 radical (unpaired) electrons. The van der Waals surface area contributed by atoms with Crippen LogP contribution in [0.1, 0.15) is 17.0 Å². The van der Waals surface area contributed by atoms with Gasteiger partial charge in [0.25, 0.3) is 0 Å². The van der Waals surface area contributed by atoms with Crippen molar-refractivity contribution in [1.82, 2.24) is 10.2 Å². The third kappa shape index (κ3) is 2.05. The fourth-order valence-corrected chi connectivity index (χ4v) is 2.85. The number of rotatable bonds is 2. The molecule has 1 atom stereocenters. The minimum Gasteiger partial charge on any atom is -0.472 e. The van der Waals surface area contributed by atoms with E-state index >= 15 is 0 Å². The zero-order valence-corrected chi connectivity index (χ0v) is 12.3. The molecule has 7 heteroatoms. The Kier molecular flexibility index (Phi) is 3.10. The Labute approximate surface area is 136 Å². The van der Waals surface area contributed by atoms with Gasteiger partial charge in [0.15, 0.2) is 0 Å². The number of aromatic nitrogens is 2. The standard InChI is InChI=1S/C17H11FN4O2/c18-11-3-1-9(2-4-11)15-14-13(10-5-6-23-8-10)12(7-19)16(20)24-17(14)22-21-15/h1-6,8,13H,20H2,(H,21,22). The van der Waals surface area contributed by atoms with E-state index in [1.807, 2.05) is 0 Å². The highest BCUT2D eigenvalue weighted by Crippen LogP contribution is 2.45. The summed E-state index contributed by atoms with van der Waals surface area (Å²) in [4.78, 5) is 0. The molecule has 1 unspecified atom stereocenters. The molecule has 3 aromatic rings. The first-order valence-corrected chi connectivity index (χ1v) is 7.13. The van der Waals surface area contributed by atoms with Gasteiger partial charge in [0, 0.05) is 11.1 Å². The summed E-state index contributed by atoms with van der Waals surface area (Å²) in [7, 11) is 0. The monoisotopic (exact) mass is 322 g/mol. The molecular weight excluding hydrogens is 311 g/mol. The topological polar surface area (TPSA) is 101 Å².